The van der Waals surface area contributed by atoms with E-state index in [9.17, 15) is 15.0 Å². The van der Waals surface area contributed by atoms with Crippen molar-refractivity contribution >= 4 is 46.8 Å². The zero-order valence-corrected chi connectivity index (χ0v) is 16.5. The maximum atomic E-state index is 13.0. The Morgan fingerprint density at radius 2 is 1.57 bits per heavy atom. The molecule has 140 valence electrons. The maximum Gasteiger partial charge on any atom is 0.344 e. The lowest BCUT2D eigenvalue weighted by Crippen LogP contribution is -2.07. The third kappa shape index (κ3) is 3.22. The minimum Gasteiger partial charge on any atom is -0.508 e. The Labute approximate surface area is 175 Å². The van der Waals surface area contributed by atoms with Gasteiger partial charge < -0.3 is 14.6 Å². The van der Waals surface area contributed by atoms with Crippen LogP contribution in [0.1, 0.15) is 0 Å². The van der Waals surface area contributed by atoms with Crippen molar-refractivity contribution in [2.75, 3.05) is 0 Å². The van der Waals surface area contributed by atoms with E-state index < -0.39 is 5.63 Å². The summed E-state index contributed by atoms with van der Waals surface area (Å²) in [5, 5.41) is 21.0. The van der Waals surface area contributed by atoms with E-state index in [-0.39, 0.29) is 27.7 Å². The van der Waals surface area contributed by atoms with Crippen LogP contribution in [0.2, 0.25) is 10.0 Å². The molecule has 7 heteroatoms. The van der Waals surface area contributed by atoms with E-state index in [4.69, 9.17) is 27.6 Å². The van der Waals surface area contributed by atoms with Gasteiger partial charge in [-0.05, 0) is 35.9 Å². The number of halogens is 2. The predicted molar refractivity (Wildman–Crippen MR) is 114 cm³/mol. The van der Waals surface area contributed by atoms with Crippen molar-refractivity contribution in [1.82, 2.24) is 0 Å². The van der Waals surface area contributed by atoms with E-state index in [1.54, 1.807) is 30.3 Å². The molecule has 0 aliphatic heterocycles. The molecule has 1 aromatic heterocycles. The van der Waals surface area contributed by atoms with Gasteiger partial charge in [0.1, 0.15) is 11.5 Å². The molecule has 0 unspecified atom stereocenters. The lowest BCUT2D eigenvalue weighted by molar-refractivity contribution is 0.451. The molecule has 0 amide bonds. The third-order valence-corrected chi connectivity index (χ3v) is 5.18. The first-order valence-electron chi connectivity index (χ1n) is 8.13. The van der Waals surface area contributed by atoms with Gasteiger partial charge in [-0.15, -0.1) is 12.6 Å². The topological polar surface area (TPSA) is 70.7 Å². The molecule has 4 nitrogen and oxygen atoms in total. The van der Waals surface area contributed by atoms with Gasteiger partial charge >= 0.3 is 5.63 Å². The molecule has 4 rings (SSSR count). The van der Waals surface area contributed by atoms with Gasteiger partial charge in [0.25, 0.3) is 0 Å². The Morgan fingerprint density at radius 3 is 2.25 bits per heavy atom. The van der Waals surface area contributed by atoms with Crippen LogP contribution in [0, 0.1) is 0 Å². The summed E-state index contributed by atoms with van der Waals surface area (Å²) < 4.78 is 5.51. The highest BCUT2D eigenvalue weighted by Crippen LogP contribution is 2.42. The minimum absolute atomic E-state index is 0.158. The summed E-state index contributed by atoms with van der Waals surface area (Å²) in [5.41, 5.74) is 1.12. The number of rotatable bonds is 2. The van der Waals surface area contributed by atoms with E-state index in [2.05, 4.69) is 12.6 Å². The van der Waals surface area contributed by atoms with Crippen molar-refractivity contribution in [3.8, 4) is 33.8 Å². The van der Waals surface area contributed by atoms with Crippen LogP contribution in [-0.4, -0.2) is 10.2 Å². The van der Waals surface area contributed by atoms with Crippen molar-refractivity contribution < 1.29 is 14.6 Å². The second-order valence-corrected chi connectivity index (χ2v) is 7.48. The highest BCUT2D eigenvalue weighted by molar-refractivity contribution is 7.80. The maximum absolute atomic E-state index is 13.0. The molecule has 0 bridgehead atoms. The van der Waals surface area contributed by atoms with E-state index in [1.165, 1.54) is 24.3 Å². The molecule has 0 saturated heterocycles. The number of benzene rings is 3. The second kappa shape index (κ2) is 7.09. The molecule has 3 aromatic carbocycles. The quantitative estimate of drug-likeness (QED) is 0.264. The van der Waals surface area contributed by atoms with Crippen LogP contribution in [0.4, 0.5) is 0 Å². The van der Waals surface area contributed by atoms with Gasteiger partial charge in [-0.1, -0.05) is 41.4 Å². The van der Waals surface area contributed by atoms with Gasteiger partial charge in [0.15, 0.2) is 5.58 Å². The van der Waals surface area contributed by atoms with Crippen LogP contribution in [0.15, 0.2) is 68.7 Å². The number of aromatic hydroxyl groups is 2. The first-order chi connectivity index (χ1) is 13.3. The molecule has 0 aliphatic rings. The average molecular weight is 431 g/mol. The first-order valence-corrected chi connectivity index (χ1v) is 9.33. The van der Waals surface area contributed by atoms with Gasteiger partial charge in [-0.25, -0.2) is 4.79 Å². The minimum atomic E-state index is -0.629. The molecule has 28 heavy (non-hydrogen) atoms. The normalized spacial score (nSPS) is 11.1. The molecule has 0 atom stereocenters. The summed E-state index contributed by atoms with van der Waals surface area (Å²) in [6.07, 6.45) is 0. The van der Waals surface area contributed by atoms with Crippen molar-refractivity contribution in [3.63, 3.8) is 0 Å². The van der Waals surface area contributed by atoms with Crippen LogP contribution in [-0.2, 0) is 0 Å². The fourth-order valence-corrected chi connectivity index (χ4v) is 4.00. The highest BCUT2D eigenvalue weighted by atomic mass is 35.5. The SMILES string of the molecule is O=c1oc2c(Cl)cc(Cl)cc2c(-c2cc(O)cc(O)c2)c1-c1ccccc1S. The number of phenols is 2. The molecular formula is C21H12Cl2O4S. The van der Waals surface area contributed by atoms with E-state index in [0.29, 0.717) is 32.0 Å². The Balaban J connectivity index is 2.25. The molecule has 0 radical (unpaired) electrons. The van der Waals surface area contributed by atoms with E-state index in [1.807, 2.05) is 0 Å². The summed E-state index contributed by atoms with van der Waals surface area (Å²) in [6, 6.07) is 14.2. The summed E-state index contributed by atoms with van der Waals surface area (Å²) in [6.45, 7) is 0. The van der Waals surface area contributed by atoms with Crippen LogP contribution >= 0.6 is 35.8 Å². The smallest absolute Gasteiger partial charge is 0.344 e. The zero-order chi connectivity index (χ0) is 20.0. The molecular weight excluding hydrogens is 419 g/mol. The summed E-state index contributed by atoms with van der Waals surface area (Å²) in [7, 11) is 0. The zero-order valence-electron chi connectivity index (χ0n) is 14.1. The Kier molecular flexibility index (Phi) is 4.75. The van der Waals surface area contributed by atoms with Crippen molar-refractivity contribution in [2.45, 2.75) is 4.90 Å². The van der Waals surface area contributed by atoms with E-state index in [0.717, 1.165) is 0 Å². The van der Waals surface area contributed by atoms with Gasteiger partial charge in [0, 0.05) is 32.5 Å². The molecule has 4 aromatic rings. The van der Waals surface area contributed by atoms with Crippen LogP contribution in [0.3, 0.4) is 0 Å². The number of fused-ring (bicyclic) bond motifs is 1. The standard InChI is InChI=1S/C21H12Cl2O4S/c22-11-7-15-18(10-5-12(24)9-13(25)6-10)19(14-3-1-2-4-17(14)28)21(26)27-20(15)16(23)8-11/h1-9,24-25,28H. The van der Waals surface area contributed by atoms with Gasteiger partial charge in [0.2, 0.25) is 0 Å². The van der Waals surface area contributed by atoms with Crippen LogP contribution in [0.5, 0.6) is 11.5 Å². The first kappa shape index (κ1) is 18.7. The Morgan fingerprint density at radius 1 is 0.893 bits per heavy atom. The molecule has 0 spiro atoms. The Hall–Kier alpha value is -2.60. The van der Waals surface area contributed by atoms with Crippen LogP contribution in [0.25, 0.3) is 33.2 Å². The fraction of sp³-hybridized carbons (Fsp3) is 0. The van der Waals surface area contributed by atoms with Crippen molar-refractivity contribution in [3.05, 3.63) is 75.1 Å². The van der Waals surface area contributed by atoms with Gasteiger partial charge in [0.05, 0.1) is 10.6 Å². The van der Waals surface area contributed by atoms with Gasteiger partial charge in [-0.2, -0.15) is 0 Å². The predicted octanol–water partition coefficient (Wildman–Crippen LogP) is 6.13. The lowest BCUT2D eigenvalue weighted by Gasteiger charge is -2.15. The third-order valence-electron chi connectivity index (χ3n) is 4.29. The monoisotopic (exact) mass is 430 g/mol. The summed E-state index contributed by atoms with van der Waals surface area (Å²) in [5.74, 6) is -0.316. The largest absolute Gasteiger partial charge is 0.508 e. The number of thiol groups is 1. The number of hydrogen-bond acceptors (Lipinski definition) is 5. The average Bonchev–Trinajstić information content (AvgIpc) is 2.61. The number of phenolic OH excluding ortho intramolecular Hbond substituents is 2. The molecule has 2 N–H and O–H groups in total. The molecule has 0 fully saturated rings. The van der Waals surface area contributed by atoms with E-state index >= 15 is 0 Å². The van der Waals surface area contributed by atoms with Gasteiger partial charge in [-0.3, -0.25) is 0 Å². The number of hydrogen-bond donors (Lipinski definition) is 3. The van der Waals surface area contributed by atoms with Crippen molar-refractivity contribution in [2.24, 2.45) is 0 Å². The molecule has 1 heterocycles. The molecule has 0 aliphatic carbocycles. The summed E-state index contributed by atoms with van der Waals surface area (Å²) in [4.78, 5) is 13.5. The highest BCUT2D eigenvalue weighted by Gasteiger charge is 2.22. The Bertz CT molecular complexity index is 1280. The van der Waals surface area contributed by atoms with Crippen LogP contribution < -0.4 is 5.63 Å². The fourth-order valence-electron chi connectivity index (χ4n) is 3.20. The van der Waals surface area contributed by atoms with Crippen molar-refractivity contribution in [1.29, 1.82) is 0 Å². The molecule has 0 saturated carbocycles. The summed E-state index contributed by atoms with van der Waals surface area (Å²) >= 11 is 16.9. The lowest BCUT2D eigenvalue weighted by atomic mass is 9.92. The second-order valence-electron chi connectivity index (χ2n) is 6.16.